The average Bonchev–Trinajstić information content (AvgIpc) is 2.89. The summed E-state index contributed by atoms with van der Waals surface area (Å²) in [5, 5.41) is 22.0. The molecule has 134 valence electrons. The van der Waals surface area contributed by atoms with Gasteiger partial charge >= 0.3 is 0 Å². The molecular formula is C16H28N6O2. The number of hydrogen-bond acceptors (Lipinski definition) is 7. The Labute approximate surface area is 142 Å². The fraction of sp³-hybridized carbons (Fsp3) is 0.438. The summed E-state index contributed by atoms with van der Waals surface area (Å²) in [5.41, 5.74) is 24.0. The second kappa shape index (κ2) is 8.42. The highest BCUT2D eigenvalue weighted by atomic mass is 16.3. The minimum absolute atomic E-state index is 0.0192. The number of aromatic hydroxyl groups is 1. The van der Waals surface area contributed by atoms with Crippen molar-refractivity contribution in [3.05, 3.63) is 30.0 Å². The monoisotopic (exact) mass is 336 g/mol. The first kappa shape index (κ1) is 19.6. The highest BCUT2D eigenvalue weighted by molar-refractivity contribution is 5.56. The van der Waals surface area contributed by atoms with Gasteiger partial charge in [0, 0.05) is 16.8 Å². The van der Waals surface area contributed by atoms with Crippen molar-refractivity contribution in [2.24, 2.45) is 5.73 Å². The highest BCUT2D eigenvalue weighted by Crippen LogP contribution is 2.33. The number of aromatic nitrogens is 2. The number of nitrogen functional groups attached to an aromatic ring is 3. The number of phenolic OH excluding ortho intramolecular Hbond substituents is 1. The third-order valence-corrected chi connectivity index (χ3v) is 4.04. The van der Waals surface area contributed by atoms with Crippen molar-refractivity contribution < 1.29 is 10.2 Å². The van der Waals surface area contributed by atoms with Crippen LogP contribution >= 0.6 is 0 Å². The highest BCUT2D eigenvalue weighted by Gasteiger charge is 2.26. The lowest BCUT2D eigenvalue weighted by atomic mass is 9.85. The van der Waals surface area contributed by atoms with Gasteiger partial charge in [0.15, 0.2) is 0 Å². The van der Waals surface area contributed by atoms with Crippen molar-refractivity contribution in [2.75, 3.05) is 23.8 Å². The third-order valence-electron chi connectivity index (χ3n) is 4.04. The summed E-state index contributed by atoms with van der Waals surface area (Å²) < 4.78 is 1.45. The largest absolute Gasteiger partial charge is 0.508 e. The fourth-order valence-electron chi connectivity index (χ4n) is 2.27. The predicted molar refractivity (Wildman–Crippen MR) is 97.1 cm³/mol. The summed E-state index contributed by atoms with van der Waals surface area (Å²) in [5.74, 6) is 0.638. The molecule has 0 saturated carbocycles. The van der Waals surface area contributed by atoms with Crippen LogP contribution in [-0.2, 0) is 12.1 Å². The quantitative estimate of drug-likeness (QED) is 0.350. The lowest BCUT2D eigenvalue weighted by Gasteiger charge is -2.28. The van der Waals surface area contributed by atoms with E-state index in [1.54, 1.807) is 18.2 Å². The van der Waals surface area contributed by atoms with Gasteiger partial charge in [-0.1, -0.05) is 13.8 Å². The van der Waals surface area contributed by atoms with Crippen molar-refractivity contribution in [3.8, 4) is 5.75 Å². The van der Waals surface area contributed by atoms with Crippen LogP contribution in [0.15, 0.2) is 24.4 Å². The van der Waals surface area contributed by atoms with Gasteiger partial charge in [-0.3, -0.25) is 0 Å². The van der Waals surface area contributed by atoms with Crippen LogP contribution < -0.4 is 22.9 Å². The molecule has 0 aliphatic rings. The Balaban J connectivity index is 0.000000254. The molecule has 0 atom stereocenters. The minimum Gasteiger partial charge on any atom is -0.508 e. The van der Waals surface area contributed by atoms with Crippen LogP contribution in [0.2, 0.25) is 0 Å². The molecule has 0 aliphatic carbocycles. The van der Waals surface area contributed by atoms with E-state index in [0.29, 0.717) is 23.7 Å². The van der Waals surface area contributed by atoms with Crippen molar-refractivity contribution in [1.29, 1.82) is 0 Å². The molecule has 0 spiro atoms. The first-order valence-corrected chi connectivity index (χ1v) is 7.84. The Morgan fingerprint density at radius 2 is 1.79 bits per heavy atom. The second-order valence-corrected chi connectivity index (χ2v) is 5.57. The molecule has 10 N–H and O–H groups in total. The summed E-state index contributed by atoms with van der Waals surface area (Å²) in [6.07, 6.45) is 3.02. The van der Waals surface area contributed by atoms with Gasteiger partial charge in [-0.15, -0.1) is 0 Å². The molecule has 0 unspecified atom stereocenters. The summed E-state index contributed by atoms with van der Waals surface area (Å²) >= 11 is 0. The number of benzene rings is 1. The Kier molecular flexibility index (Phi) is 6.87. The van der Waals surface area contributed by atoms with Crippen LogP contribution in [0.4, 0.5) is 17.2 Å². The number of hydrogen-bond donors (Lipinski definition) is 6. The van der Waals surface area contributed by atoms with Gasteiger partial charge in [-0.2, -0.15) is 5.10 Å². The Morgan fingerprint density at radius 1 is 1.17 bits per heavy atom. The SMILES string of the molecule is CCC(N)(CC)c1cc(N)ccc1O.Nc1cnn(CCO)c1N. The van der Waals surface area contributed by atoms with Gasteiger partial charge in [-0.05, 0) is 31.0 Å². The zero-order valence-corrected chi connectivity index (χ0v) is 14.2. The molecule has 0 saturated heterocycles. The van der Waals surface area contributed by atoms with Gasteiger partial charge in [0.1, 0.15) is 11.6 Å². The van der Waals surface area contributed by atoms with Gasteiger partial charge in [0.25, 0.3) is 0 Å². The Morgan fingerprint density at radius 3 is 2.25 bits per heavy atom. The lowest BCUT2D eigenvalue weighted by Crippen LogP contribution is -2.35. The first-order chi connectivity index (χ1) is 11.3. The van der Waals surface area contributed by atoms with E-state index in [1.807, 2.05) is 13.8 Å². The predicted octanol–water partition coefficient (Wildman–Crippen LogP) is 0.988. The molecule has 0 aliphatic heterocycles. The van der Waals surface area contributed by atoms with E-state index in [-0.39, 0.29) is 12.4 Å². The summed E-state index contributed by atoms with van der Waals surface area (Å²) in [6.45, 7) is 4.42. The van der Waals surface area contributed by atoms with Gasteiger partial charge < -0.3 is 33.1 Å². The molecule has 0 bridgehead atoms. The number of anilines is 3. The maximum absolute atomic E-state index is 9.70. The molecule has 8 nitrogen and oxygen atoms in total. The lowest BCUT2D eigenvalue weighted by molar-refractivity contribution is 0.270. The average molecular weight is 336 g/mol. The first-order valence-electron chi connectivity index (χ1n) is 7.84. The molecule has 1 aromatic heterocycles. The van der Waals surface area contributed by atoms with Crippen LogP contribution in [0.1, 0.15) is 32.3 Å². The zero-order valence-electron chi connectivity index (χ0n) is 14.2. The summed E-state index contributed by atoms with van der Waals surface area (Å²) in [6, 6.07) is 5.02. The van der Waals surface area contributed by atoms with Crippen molar-refractivity contribution >= 4 is 17.2 Å². The number of phenols is 1. The van der Waals surface area contributed by atoms with E-state index >= 15 is 0 Å². The molecule has 0 amide bonds. The van der Waals surface area contributed by atoms with E-state index < -0.39 is 5.54 Å². The molecule has 2 aromatic rings. The molecule has 0 radical (unpaired) electrons. The molecular weight excluding hydrogens is 308 g/mol. The third kappa shape index (κ3) is 4.53. The van der Waals surface area contributed by atoms with Crippen LogP contribution in [0, 0.1) is 0 Å². The molecule has 24 heavy (non-hydrogen) atoms. The molecule has 2 rings (SSSR count). The number of aliphatic hydroxyl groups is 1. The van der Waals surface area contributed by atoms with Gasteiger partial charge in [-0.25, -0.2) is 4.68 Å². The molecule has 1 aromatic carbocycles. The second-order valence-electron chi connectivity index (χ2n) is 5.57. The van der Waals surface area contributed by atoms with Gasteiger partial charge in [0.2, 0.25) is 0 Å². The van der Waals surface area contributed by atoms with E-state index in [4.69, 9.17) is 28.0 Å². The molecule has 1 heterocycles. The summed E-state index contributed by atoms with van der Waals surface area (Å²) in [4.78, 5) is 0. The van der Waals surface area contributed by atoms with E-state index in [1.165, 1.54) is 10.9 Å². The fourth-order valence-corrected chi connectivity index (χ4v) is 2.27. The number of nitrogens with two attached hydrogens (primary N) is 4. The van der Waals surface area contributed by atoms with E-state index in [9.17, 15) is 5.11 Å². The van der Waals surface area contributed by atoms with Crippen LogP contribution in [-0.4, -0.2) is 26.6 Å². The maximum atomic E-state index is 9.70. The van der Waals surface area contributed by atoms with Crippen LogP contribution in [0.3, 0.4) is 0 Å². The van der Waals surface area contributed by atoms with Crippen molar-refractivity contribution in [3.63, 3.8) is 0 Å². The standard InChI is InChI=1S/C11H18N2O.C5H10N4O/c1-3-11(13,4-2)9-7-8(12)5-6-10(9)14;6-4-3-8-9(1-2-10)5(4)7/h5-7,14H,3-4,12-13H2,1-2H3;3,10H,1-2,6-7H2. The van der Waals surface area contributed by atoms with Crippen molar-refractivity contribution in [2.45, 2.75) is 38.8 Å². The number of rotatable bonds is 5. The maximum Gasteiger partial charge on any atom is 0.145 e. The van der Waals surface area contributed by atoms with Crippen molar-refractivity contribution in [1.82, 2.24) is 9.78 Å². The van der Waals surface area contributed by atoms with E-state index in [0.717, 1.165) is 18.4 Å². The normalized spacial score (nSPS) is 11.0. The Hall–Kier alpha value is -2.45. The van der Waals surface area contributed by atoms with Crippen LogP contribution in [0.25, 0.3) is 0 Å². The Bertz CT molecular complexity index is 652. The number of aliphatic hydroxyl groups excluding tert-OH is 1. The molecule has 8 heteroatoms. The van der Waals surface area contributed by atoms with Crippen LogP contribution in [0.5, 0.6) is 5.75 Å². The van der Waals surface area contributed by atoms with E-state index in [2.05, 4.69) is 5.10 Å². The minimum atomic E-state index is -0.473. The van der Waals surface area contributed by atoms with Gasteiger partial charge in [0.05, 0.1) is 25.0 Å². The summed E-state index contributed by atoms with van der Waals surface area (Å²) in [7, 11) is 0. The topological polar surface area (TPSA) is 162 Å². The number of nitrogens with zero attached hydrogens (tertiary/aromatic N) is 2. The smallest absolute Gasteiger partial charge is 0.145 e. The zero-order chi connectivity index (χ0) is 18.3. The molecule has 0 fully saturated rings.